The largest absolute Gasteiger partial charge is 0.350 e. The van der Waals surface area contributed by atoms with Crippen LogP contribution in [0.2, 0.25) is 0 Å². The number of aryl methyl sites for hydroxylation is 1. The van der Waals surface area contributed by atoms with Crippen LogP contribution in [0.1, 0.15) is 11.1 Å². The Hall–Kier alpha value is -2.87. The Labute approximate surface area is 110 Å². The van der Waals surface area contributed by atoms with Gasteiger partial charge in [0.15, 0.2) is 0 Å². The molecule has 0 aliphatic carbocycles. The Balaban J connectivity index is 2.37. The zero-order valence-electron chi connectivity index (χ0n) is 10.3. The number of nitrogens with zero attached hydrogens (tertiary/aromatic N) is 2. The van der Waals surface area contributed by atoms with Crippen LogP contribution in [-0.2, 0) is 0 Å². The molecular weight excluding hydrogens is 242 g/mol. The van der Waals surface area contributed by atoms with Gasteiger partial charge in [0.2, 0.25) is 0 Å². The number of hydrogen-bond donors (Lipinski definition) is 1. The van der Waals surface area contributed by atoms with Crippen molar-refractivity contribution in [1.82, 2.24) is 0 Å². The minimum absolute atomic E-state index is 0.111. The summed E-state index contributed by atoms with van der Waals surface area (Å²) >= 11 is 0. The predicted molar refractivity (Wildman–Crippen MR) is 72.3 cm³/mol. The van der Waals surface area contributed by atoms with Crippen LogP contribution >= 0.6 is 0 Å². The second-order valence-electron chi connectivity index (χ2n) is 4.09. The first-order valence-corrected chi connectivity index (χ1v) is 5.62. The Morgan fingerprint density at radius 3 is 2.47 bits per heavy atom. The summed E-state index contributed by atoms with van der Waals surface area (Å²) in [6.07, 6.45) is 0. The summed E-state index contributed by atoms with van der Waals surface area (Å²) in [6, 6.07) is 13.8. The fraction of sp³-hybridized carbons (Fsp3) is 0.0714. The highest BCUT2D eigenvalue weighted by atomic mass is 16.6. The molecule has 2 rings (SSSR count). The zero-order chi connectivity index (χ0) is 13.8. The molecule has 0 fully saturated rings. The van der Waals surface area contributed by atoms with Crippen LogP contribution in [-0.4, -0.2) is 4.92 Å². The highest BCUT2D eigenvalue weighted by molar-refractivity contribution is 5.70. The maximum atomic E-state index is 11.0. The van der Waals surface area contributed by atoms with Gasteiger partial charge in [-0.3, -0.25) is 10.1 Å². The molecule has 0 aliphatic rings. The lowest BCUT2D eigenvalue weighted by atomic mass is 10.1. The molecule has 5 heteroatoms. The quantitative estimate of drug-likeness (QED) is 0.670. The molecule has 0 amide bonds. The summed E-state index contributed by atoms with van der Waals surface area (Å²) in [6.45, 7) is 1.97. The van der Waals surface area contributed by atoms with E-state index in [1.165, 1.54) is 12.1 Å². The zero-order valence-corrected chi connectivity index (χ0v) is 10.3. The summed E-state index contributed by atoms with van der Waals surface area (Å²) in [5, 5.41) is 22.7. The van der Waals surface area contributed by atoms with Gasteiger partial charge in [-0.25, -0.2) is 0 Å². The molecule has 0 aliphatic heterocycles. The minimum atomic E-state index is -0.503. The van der Waals surface area contributed by atoms with Gasteiger partial charge in [-0.05, 0) is 31.2 Å². The average Bonchev–Trinajstić information content (AvgIpc) is 2.41. The van der Waals surface area contributed by atoms with Crippen molar-refractivity contribution in [1.29, 1.82) is 5.26 Å². The predicted octanol–water partition coefficient (Wildman–Crippen LogP) is 3.52. The monoisotopic (exact) mass is 253 g/mol. The maximum Gasteiger partial charge on any atom is 0.293 e. The first-order chi connectivity index (χ1) is 9.10. The fourth-order valence-corrected chi connectivity index (χ4v) is 1.65. The second kappa shape index (κ2) is 5.19. The molecule has 0 aromatic heterocycles. The second-order valence-corrected chi connectivity index (χ2v) is 4.09. The first-order valence-electron chi connectivity index (χ1n) is 5.62. The van der Waals surface area contributed by atoms with Gasteiger partial charge >= 0.3 is 0 Å². The Morgan fingerprint density at radius 1 is 1.21 bits per heavy atom. The summed E-state index contributed by atoms with van der Waals surface area (Å²) in [4.78, 5) is 10.5. The van der Waals surface area contributed by atoms with Gasteiger partial charge in [0.25, 0.3) is 5.69 Å². The van der Waals surface area contributed by atoms with E-state index in [1.54, 1.807) is 6.07 Å². The van der Waals surface area contributed by atoms with E-state index in [-0.39, 0.29) is 11.3 Å². The molecule has 0 saturated carbocycles. The van der Waals surface area contributed by atoms with E-state index >= 15 is 0 Å². The van der Waals surface area contributed by atoms with Crippen LogP contribution in [0.25, 0.3) is 0 Å². The van der Waals surface area contributed by atoms with Crippen molar-refractivity contribution < 1.29 is 4.92 Å². The van der Waals surface area contributed by atoms with Crippen molar-refractivity contribution in [2.24, 2.45) is 0 Å². The molecule has 0 heterocycles. The molecule has 2 aromatic carbocycles. The van der Waals surface area contributed by atoms with Gasteiger partial charge in [-0.1, -0.05) is 17.7 Å². The fourth-order valence-electron chi connectivity index (χ4n) is 1.65. The van der Waals surface area contributed by atoms with Crippen LogP contribution in [0.5, 0.6) is 0 Å². The molecular formula is C14H11N3O2. The molecule has 1 N–H and O–H groups in total. The highest BCUT2D eigenvalue weighted by Gasteiger charge is 2.14. The number of anilines is 2. The highest BCUT2D eigenvalue weighted by Crippen LogP contribution is 2.28. The number of rotatable bonds is 3. The Kier molecular flexibility index (Phi) is 3.44. The van der Waals surface area contributed by atoms with Gasteiger partial charge < -0.3 is 5.32 Å². The molecule has 0 atom stereocenters. The Bertz CT molecular complexity index is 657. The molecule has 0 radical (unpaired) electrons. The summed E-state index contributed by atoms with van der Waals surface area (Å²) in [5.74, 6) is 0. The lowest BCUT2D eigenvalue weighted by Crippen LogP contribution is -1.97. The molecule has 19 heavy (non-hydrogen) atoms. The van der Waals surface area contributed by atoms with Crippen LogP contribution in [0.4, 0.5) is 17.1 Å². The SMILES string of the molecule is Cc1ccc(Nc2ccc(C#N)cc2[N+](=O)[O-])cc1. The van der Waals surface area contributed by atoms with E-state index in [1.807, 2.05) is 37.3 Å². The van der Waals surface area contributed by atoms with E-state index in [2.05, 4.69) is 5.32 Å². The van der Waals surface area contributed by atoms with E-state index in [9.17, 15) is 10.1 Å². The molecule has 2 aromatic rings. The van der Waals surface area contributed by atoms with Crippen molar-refractivity contribution in [3.63, 3.8) is 0 Å². The first kappa shape index (κ1) is 12.6. The third-order valence-corrected chi connectivity index (χ3v) is 2.65. The third kappa shape index (κ3) is 2.87. The maximum absolute atomic E-state index is 11.0. The number of nitro groups is 1. The molecule has 0 spiro atoms. The number of nitrogens with one attached hydrogen (secondary N) is 1. The van der Waals surface area contributed by atoms with E-state index in [0.29, 0.717) is 5.69 Å². The third-order valence-electron chi connectivity index (χ3n) is 2.65. The topological polar surface area (TPSA) is 79.0 Å². The Morgan fingerprint density at radius 2 is 1.89 bits per heavy atom. The van der Waals surface area contributed by atoms with Crippen molar-refractivity contribution in [2.75, 3.05) is 5.32 Å². The summed E-state index contributed by atoms with van der Waals surface area (Å²) < 4.78 is 0. The van der Waals surface area contributed by atoms with Gasteiger partial charge in [0.05, 0.1) is 16.6 Å². The number of hydrogen-bond acceptors (Lipinski definition) is 4. The van der Waals surface area contributed by atoms with Gasteiger partial charge in [-0.15, -0.1) is 0 Å². The molecule has 0 unspecified atom stereocenters. The van der Waals surface area contributed by atoms with Crippen molar-refractivity contribution in [3.05, 3.63) is 63.7 Å². The van der Waals surface area contributed by atoms with Crippen LogP contribution in [0.3, 0.4) is 0 Å². The standard InChI is InChI=1S/C14H11N3O2/c1-10-2-5-12(6-3-10)16-13-7-4-11(9-15)8-14(13)17(18)19/h2-8,16H,1H3. The van der Waals surface area contributed by atoms with Crippen molar-refractivity contribution in [2.45, 2.75) is 6.92 Å². The average molecular weight is 253 g/mol. The number of nitro benzene ring substituents is 1. The number of benzene rings is 2. The molecule has 0 saturated heterocycles. The van der Waals surface area contributed by atoms with Crippen LogP contribution in [0, 0.1) is 28.4 Å². The van der Waals surface area contributed by atoms with Gasteiger partial charge in [0.1, 0.15) is 5.69 Å². The smallest absolute Gasteiger partial charge is 0.293 e. The molecule has 5 nitrogen and oxygen atoms in total. The molecule has 0 bridgehead atoms. The van der Waals surface area contributed by atoms with Gasteiger partial charge in [-0.2, -0.15) is 5.26 Å². The van der Waals surface area contributed by atoms with E-state index in [4.69, 9.17) is 5.26 Å². The minimum Gasteiger partial charge on any atom is -0.350 e. The lowest BCUT2D eigenvalue weighted by Gasteiger charge is -2.07. The summed E-state index contributed by atoms with van der Waals surface area (Å²) in [7, 11) is 0. The van der Waals surface area contributed by atoms with Gasteiger partial charge in [0, 0.05) is 11.8 Å². The summed E-state index contributed by atoms with van der Waals surface area (Å²) in [5.41, 5.74) is 2.40. The van der Waals surface area contributed by atoms with Crippen molar-refractivity contribution >= 4 is 17.1 Å². The normalized spacial score (nSPS) is 9.68. The van der Waals surface area contributed by atoms with Crippen molar-refractivity contribution in [3.8, 4) is 6.07 Å². The van der Waals surface area contributed by atoms with E-state index < -0.39 is 4.92 Å². The van der Waals surface area contributed by atoms with E-state index in [0.717, 1.165) is 11.3 Å². The van der Waals surface area contributed by atoms with Crippen LogP contribution < -0.4 is 5.32 Å². The molecule has 94 valence electrons. The number of nitriles is 1. The lowest BCUT2D eigenvalue weighted by molar-refractivity contribution is -0.383. The van der Waals surface area contributed by atoms with Crippen LogP contribution in [0.15, 0.2) is 42.5 Å².